The van der Waals surface area contributed by atoms with Gasteiger partial charge in [0.05, 0.1) is 24.8 Å². The van der Waals surface area contributed by atoms with Gasteiger partial charge in [-0.15, -0.1) is 0 Å². The van der Waals surface area contributed by atoms with Gasteiger partial charge in [0.25, 0.3) is 10.0 Å². The van der Waals surface area contributed by atoms with E-state index in [0.29, 0.717) is 23.7 Å². The first-order valence-electron chi connectivity index (χ1n) is 10.8. The lowest BCUT2D eigenvalue weighted by molar-refractivity contribution is -0.119. The predicted octanol–water partition coefficient (Wildman–Crippen LogP) is 4.44. The highest BCUT2D eigenvalue weighted by atomic mass is 35.5. The molecule has 0 saturated heterocycles. The molecule has 1 amide bonds. The summed E-state index contributed by atoms with van der Waals surface area (Å²) in [6.45, 7) is -0.127. The van der Waals surface area contributed by atoms with Crippen LogP contribution in [0.4, 0.5) is 10.1 Å². The average Bonchev–Trinajstić information content (AvgIpc) is 2.86. The van der Waals surface area contributed by atoms with Gasteiger partial charge in [0.1, 0.15) is 12.4 Å². The first-order valence-corrected chi connectivity index (χ1v) is 12.6. The van der Waals surface area contributed by atoms with Gasteiger partial charge in [0.15, 0.2) is 11.5 Å². The van der Waals surface area contributed by atoms with Crippen molar-refractivity contribution in [3.63, 3.8) is 0 Å². The summed E-state index contributed by atoms with van der Waals surface area (Å²) in [6, 6.07) is 16.4. The van der Waals surface area contributed by atoms with Crippen LogP contribution in [0.3, 0.4) is 0 Å². The summed E-state index contributed by atoms with van der Waals surface area (Å²) in [5.41, 5.74) is 1.23. The van der Waals surface area contributed by atoms with Crippen LogP contribution in [-0.4, -0.2) is 41.6 Å². The van der Waals surface area contributed by atoms with Gasteiger partial charge in [0, 0.05) is 17.6 Å². The first-order chi connectivity index (χ1) is 16.7. The van der Waals surface area contributed by atoms with E-state index in [9.17, 15) is 17.6 Å². The molecule has 7 nitrogen and oxygen atoms in total. The monoisotopic (exact) mass is 520 g/mol. The summed E-state index contributed by atoms with van der Waals surface area (Å²) in [6.07, 6.45) is 1.38. The molecule has 0 heterocycles. The number of halogens is 2. The number of anilines is 1. The number of hydrogen-bond donors (Lipinski definition) is 1. The average molecular weight is 521 g/mol. The molecule has 0 atom stereocenters. The fourth-order valence-electron chi connectivity index (χ4n) is 3.38. The molecule has 35 heavy (non-hydrogen) atoms. The first kappa shape index (κ1) is 26.3. The molecular formula is C25H26ClFN2O5S. The quantitative estimate of drug-likeness (QED) is 0.378. The molecule has 0 aliphatic rings. The summed E-state index contributed by atoms with van der Waals surface area (Å²) in [5.74, 6) is -0.434. The fourth-order valence-corrected chi connectivity index (χ4v) is 4.95. The van der Waals surface area contributed by atoms with Gasteiger partial charge in [-0.25, -0.2) is 12.8 Å². The third-order valence-electron chi connectivity index (χ3n) is 5.22. The third-order valence-corrected chi connectivity index (χ3v) is 7.24. The summed E-state index contributed by atoms with van der Waals surface area (Å²) >= 11 is 5.89. The molecule has 3 rings (SSSR count). The van der Waals surface area contributed by atoms with Crippen molar-refractivity contribution in [3.05, 3.63) is 83.1 Å². The van der Waals surface area contributed by atoms with E-state index < -0.39 is 28.3 Å². The van der Waals surface area contributed by atoms with Gasteiger partial charge in [-0.2, -0.15) is 0 Å². The lowest BCUT2D eigenvalue weighted by Crippen LogP contribution is -2.41. The summed E-state index contributed by atoms with van der Waals surface area (Å²) in [4.78, 5) is 12.6. The number of carbonyl (C=O) groups is 1. The van der Waals surface area contributed by atoms with Crippen molar-refractivity contribution in [2.45, 2.75) is 17.7 Å². The molecule has 0 unspecified atom stereocenters. The predicted molar refractivity (Wildman–Crippen MR) is 133 cm³/mol. The zero-order valence-electron chi connectivity index (χ0n) is 19.3. The van der Waals surface area contributed by atoms with Gasteiger partial charge in [-0.1, -0.05) is 23.7 Å². The Bertz CT molecular complexity index is 1250. The number of nitrogens with zero attached hydrogens (tertiary/aromatic N) is 1. The molecule has 0 bridgehead atoms. The number of hydrogen-bond acceptors (Lipinski definition) is 5. The van der Waals surface area contributed by atoms with Crippen molar-refractivity contribution < 1.29 is 27.1 Å². The van der Waals surface area contributed by atoms with Crippen molar-refractivity contribution in [1.29, 1.82) is 0 Å². The second kappa shape index (κ2) is 11.9. The number of rotatable bonds is 11. The molecule has 186 valence electrons. The summed E-state index contributed by atoms with van der Waals surface area (Å²) in [5, 5.41) is 3.40. The molecule has 0 aromatic heterocycles. The Kier molecular flexibility index (Phi) is 8.95. The van der Waals surface area contributed by atoms with Crippen molar-refractivity contribution in [2.75, 3.05) is 31.6 Å². The minimum absolute atomic E-state index is 0.102. The largest absolute Gasteiger partial charge is 0.493 e. The molecule has 0 spiro atoms. The zero-order valence-corrected chi connectivity index (χ0v) is 20.9. The Morgan fingerprint density at radius 2 is 1.63 bits per heavy atom. The van der Waals surface area contributed by atoms with E-state index >= 15 is 0 Å². The smallest absolute Gasteiger partial charge is 0.264 e. The Hall–Kier alpha value is -3.30. The number of aryl methyl sites for hydroxylation is 1. The fraction of sp³-hybridized carbons (Fsp3) is 0.240. The number of nitrogens with one attached hydrogen (secondary N) is 1. The van der Waals surface area contributed by atoms with Crippen molar-refractivity contribution in [2.24, 2.45) is 0 Å². The van der Waals surface area contributed by atoms with Gasteiger partial charge >= 0.3 is 0 Å². The van der Waals surface area contributed by atoms with Gasteiger partial charge in [-0.05, 0) is 66.9 Å². The summed E-state index contributed by atoms with van der Waals surface area (Å²) < 4.78 is 51.8. The van der Waals surface area contributed by atoms with E-state index in [2.05, 4.69) is 5.32 Å². The number of amides is 1. The standard InChI is InChI=1S/C25H26ClFN2O5S/c1-33-23-14-13-22(16-24(23)34-2)35(31,32)29(21-11-9-20(27)10-12-21)17-25(30)28-15-3-4-18-5-7-19(26)8-6-18/h5-14,16H,3-4,15,17H2,1-2H3,(H,28,30). The minimum Gasteiger partial charge on any atom is -0.493 e. The summed E-state index contributed by atoms with van der Waals surface area (Å²) in [7, 11) is -1.36. The Morgan fingerprint density at radius 3 is 2.26 bits per heavy atom. The lowest BCUT2D eigenvalue weighted by atomic mass is 10.1. The van der Waals surface area contributed by atoms with E-state index in [1.54, 1.807) is 12.1 Å². The molecular weight excluding hydrogens is 495 g/mol. The Balaban J connectivity index is 1.76. The van der Waals surface area contributed by atoms with E-state index in [0.717, 1.165) is 28.4 Å². The molecule has 1 N–H and O–H groups in total. The number of methoxy groups -OCH3 is 2. The molecule has 0 radical (unpaired) electrons. The molecule has 0 aliphatic heterocycles. The molecule has 3 aromatic carbocycles. The Morgan fingerprint density at radius 1 is 0.971 bits per heavy atom. The number of carbonyl (C=O) groups excluding carboxylic acids is 1. The van der Waals surface area contributed by atoms with Crippen molar-refractivity contribution in [1.82, 2.24) is 5.32 Å². The Labute approximate surface area is 209 Å². The van der Waals surface area contributed by atoms with Crippen LogP contribution in [0.1, 0.15) is 12.0 Å². The number of benzene rings is 3. The molecule has 10 heteroatoms. The maximum Gasteiger partial charge on any atom is 0.264 e. The molecule has 3 aromatic rings. The van der Waals surface area contributed by atoms with Gasteiger partial charge < -0.3 is 14.8 Å². The SMILES string of the molecule is COc1ccc(S(=O)(=O)N(CC(=O)NCCCc2ccc(Cl)cc2)c2ccc(F)cc2)cc1OC. The highest BCUT2D eigenvalue weighted by Gasteiger charge is 2.28. The normalized spacial score (nSPS) is 11.1. The second-order valence-corrected chi connectivity index (χ2v) is 9.88. The van der Waals surface area contributed by atoms with Crippen LogP contribution in [0, 0.1) is 5.82 Å². The van der Waals surface area contributed by atoms with Crippen LogP contribution in [-0.2, 0) is 21.2 Å². The highest BCUT2D eigenvalue weighted by molar-refractivity contribution is 7.92. The van der Waals surface area contributed by atoms with Gasteiger partial charge in [-0.3, -0.25) is 9.10 Å². The molecule has 0 aliphatic carbocycles. The van der Waals surface area contributed by atoms with E-state index in [1.165, 1.54) is 44.6 Å². The minimum atomic E-state index is -4.20. The van der Waals surface area contributed by atoms with Crippen LogP contribution >= 0.6 is 11.6 Å². The molecule has 0 saturated carbocycles. The number of ether oxygens (including phenoxy) is 2. The molecule has 0 fully saturated rings. The van der Waals surface area contributed by atoms with E-state index in [4.69, 9.17) is 21.1 Å². The lowest BCUT2D eigenvalue weighted by Gasteiger charge is -2.24. The third kappa shape index (κ3) is 6.86. The van der Waals surface area contributed by atoms with Gasteiger partial charge in [0.2, 0.25) is 5.91 Å². The van der Waals surface area contributed by atoms with Crippen molar-refractivity contribution in [3.8, 4) is 11.5 Å². The van der Waals surface area contributed by atoms with Crippen LogP contribution in [0.25, 0.3) is 0 Å². The number of sulfonamides is 1. The highest BCUT2D eigenvalue weighted by Crippen LogP contribution is 2.32. The maximum atomic E-state index is 13.5. The topological polar surface area (TPSA) is 84.9 Å². The van der Waals surface area contributed by atoms with Crippen molar-refractivity contribution >= 4 is 33.2 Å². The van der Waals surface area contributed by atoms with Crippen LogP contribution in [0.2, 0.25) is 5.02 Å². The second-order valence-electron chi connectivity index (χ2n) is 7.58. The van der Waals surface area contributed by atoms with E-state index in [-0.39, 0.29) is 16.3 Å². The van der Waals surface area contributed by atoms with Crippen LogP contribution < -0.4 is 19.1 Å². The van der Waals surface area contributed by atoms with Crippen LogP contribution in [0.5, 0.6) is 11.5 Å². The van der Waals surface area contributed by atoms with E-state index in [1.807, 2.05) is 12.1 Å². The van der Waals surface area contributed by atoms with Crippen LogP contribution in [0.15, 0.2) is 71.6 Å². The zero-order chi connectivity index (χ0) is 25.4. The maximum absolute atomic E-state index is 13.5.